The average molecular weight is 283 g/mol. The van der Waals surface area contributed by atoms with Crippen LogP contribution in [0.4, 0.5) is 5.69 Å². The van der Waals surface area contributed by atoms with E-state index in [1.54, 1.807) is 12.3 Å². The van der Waals surface area contributed by atoms with Crippen LogP contribution in [0.1, 0.15) is 11.1 Å². The van der Waals surface area contributed by atoms with Crippen LogP contribution in [-0.4, -0.2) is 20.5 Å². The van der Waals surface area contributed by atoms with Gasteiger partial charge in [-0.05, 0) is 12.1 Å². The number of rotatable bonds is 1. The van der Waals surface area contributed by atoms with Gasteiger partial charge in [-0.15, -0.1) is 0 Å². The second kappa shape index (κ2) is 4.59. The molecule has 21 heavy (non-hydrogen) atoms. The Labute approximate surface area is 119 Å². The lowest BCUT2D eigenvalue weighted by Crippen LogP contribution is -2.37. The quantitative estimate of drug-likeness (QED) is 0.849. The predicted molar refractivity (Wildman–Crippen MR) is 81.1 cm³/mol. The van der Waals surface area contributed by atoms with Gasteiger partial charge in [-0.3, -0.25) is 18.9 Å². The highest BCUT2D eigenvalue weighted by Crippen LogP contribution is 2.32. The van der Waals surface area contributed by atoms with E-state index in [9.17, 15) is 14.7 Å². The fourth-order valence-electron chi connectivity index (χ4n) is 2.30. The highest BCUT2D eigenvalue weighted by atomic mass is 16.3. The van der Waals surface area contributed by atoms with Gasteiger partial charge in [-0.25, -0.2) is 4.79 Å². The van der Waals surface area contributed by atoms with E-state index in [0.29, 0.717) is 0 Å². The second-order valence-corrected chi connectivity index (χ2v) is 4.82. The lowest BCUT2D eigenvalue weighted by Gasteiger charge is -2.08. The number of nitrogens with zero attached hydrogens (tertiary/aromatic N) is 3. The standard InChI is InChI=1S/C15H13N3O3/c1-17-13(19)11(14(20)18(2)15(17)21)7-9-8-16-12-6-4-3-5-10(9)12/h3-8,19H,1-2H3/b9-7-. The maximum Gasteiger partial charge on any atom is 0.333 e. The lowest BCUT2D eigenvalue weighted by atomic mass is 10.1. The molecule has 1 aromatic carbocycles. The molecule has 0 radical (unpaired) electrons. The molecule has 0 saturated heterocycles. The highest BCUT2D eigenvalue weighted by Gasteiger charge is 2.16. The van der Waals surface area contributed by atoms with E-state index in [1.807, 2.05) is 24.3 Å². The van der Waals surface area contributed by atoms with E-state index >= 15 is 0 Å². The summed E-state index contributed by atoms with van der Waals surface area (Å²) in [5.74, 6) is -0.353. The van der Waals surface area contributed by atoms with Crippen LogP contribution >= 0.6 is 0 Å². The van der Waals surface area contributed by atoms with Crippen LogP contribution in [-0.2, 0) is 14.1 Å². The van der Waals surface area contributed by atoms with Crippen LogP contribution in [0.25, 0.3) is 11.6 Å². The summed E-state index contributed by atoms with van der Waals surface area (Å²) < 4.78 is 2.00. The van der Waals surface area contributed by atoms with Gasteiger partial charge in [0, 0.05) is 31.4 Å². The van der Waals surface area contributed by atoms with Gasteiger partial charge in [0.2, 0.25) is 5.88 Å². The van der Waals surface area contributed by atoms with E-state index in [4.69, 9.17) is 0 Å². The SMILES string of the molecule is Cn1c(O)c(/C=C2/C=Nc3ccccc32)c(=O)n(C)c1=O. The molecule has 0 amide bonds. The average Bonchev–Trinajstić information content (AvgIpc) is 2.91. The van der Waals surface area contributed by atoms with Gasteiger partial charge in [0.25, 0.3) is 5.56 Å². The summed E-state index contributed by atoms with van der Waals surface area (Å²) in [7, 11) is 2.79. The van der Waals surface area contributed by atoms with Crippen LogP contribution in [0.2, 0.25) is 0 Å². The number of aromatic hydroxyl groups is 1. The van der Waals surface area contributed by atoms with E-state index in [2.05, 4.69) is 4.99 Å². The van der Waals surface area contributed by atoms with Gasteiger partial charge in [-0.2, -0.15) is 0 Å². The van der Waals surface area contributed by atoms with E-state index in [-0.39, 0.29) is 11.4 Å². The number of allylic oxidation sites excluding steroid dienone is 1. The van der Waals surface area contributed by atoms with Gasteiger partial charge in [0.15, 0.2) is 0 Å². The summed E-state index contributed by atoms with van der Waals surface area (Å²) in [5, 5.41) is 10.1. The third-order valence-electron chi connectivity index (χ3n) is 3.53. The van der Waals surface area contributed by atoms with Crippen LogP contribution in [0.5, 0.6) is 5.88 Å². The predicted octanol–water partition coefficient (Wildman–Crippen LogP) is 1.05. The molecule has 0 aliphatic carbocycles. The van der Waals surface area contributed by atoms with Crippen molar-refractivity contribution in [2.45, 2.75) is 0 Å². The minimum atomic E-state index is -0.569. The Bertz CT molecular complexity index is 917. The van der Waals surface area contributed by atoms with Crippen LogP contribution in [0.3, 0.4) is 0 Å². The molecule has 6 nitrogen and oxygen atoms in total. The number of aliphatic imine (C=N–C) groups is 1. The molecular weight excluding hydrogens is 270 g/mol. The number of aromatic nitrogens is 2. The molecule has 2 aromatic rings. The molecule has 1 N–H and O–H groups in total. The van der Waals surface area contributed by atoms with Crippen molar-refractivity contribution in [1.82, 2.24) is 9.13 Å². The van der Waals surface area contributed by atoms with Gasteiger partial charge in [0.1, 0.15) is 5.56 Å². The van der Waals surface area contributed by atoms with Gasteiger partial charge < -0.3 is 5.11 Å². The first-order valence-corrected chi connectivity index (χ1v) is 6.35. The first-order valence-electron chi connectivity index (χ1n) is 6.35. The number of hydrogen-bond donors (Lipinski definition) is 1. The third kappa shape index (κ3) is 1.92. The van der Waals surface area contributed by atoms with Crippen molar-refractivity contribution in [3.05, 3.63) is 56.2 Å². The molecule has 0 unspecified atom stereocenters. The molecule has 3 rings (SSSR count). The van der Waals surface area contributed by atoms with Crippen molar-refractivity contribution in [2.75, 3.05) is 0 Å². The van der Waals surface area contributed by atoms with Crippen molar-refractivity contribution in [1.29, 1.82) is 0 Å². The minimum Gasteiger partial charge on any atom is -0.494 e. The normalized spacial score (nSPS) is 14.7. The summed E-state index contributed by atoms with van der Waals surface area (Å²) in [6.07, 6.45) is 3.18. The fraction of sp³-hybridized carbons (Fsp3) is 0.133. The summed E-state index contributed by atoms with van der Waals surface area (Å²) in [6.45, 7) is 0. The molecule has 1 aromatic heterocycles. The van der Waals surface area contributed by atoms with Crippen molar-refractivity contribution in [3.8, 4) is 5.88 Å². The summed E-state index contributed by atoms with van der Waals surface area (Å²) in [6, 6.07) is 7.50. The number of hydrogen-bond acceptors (Lipinski definition) is 4. The number of para-hydroxylation sites is 1. The third-order valence-corrected chi connectivity index (χ3v) is 3.53. The highest BCUT2D eigenvalue weighted by molar-refractivity contribution is 6.21. The molecule has 0 bridgehead atoms. The van der Waals surface area contributed by atoms with Crippen molar-refractivity contribution < 1.29 is 5.11 Å². The van der Waals surface area contributed by atoms with Gasteiger partial charge in [0.05, 0.1) is 5.69 Å². The Morgan fingerprint density at radius 2 is 1.86 bits per heavy atom. The Kier molecular flexibility index (Phi) is 2.86. The monoisotopic (exact) mass is 283 g/mol. The minimum absolute atomic E-state index is 0.0674. The Morgan fingerprint density at radius 1 is 1.14 bits per heavy atom. The van der Waals surface area contributed by atoms with Crippen molar-refractivity contribution >= 4 is 23.6 Å². The molecular formula is C15H13N3O3. The van der Waals surface area contributed by atoms with Gasteiger partial charge >= 0.3 is 5.69 Å². The van der Waals surface area contributed by atoms with Crippen LogP contribution in [0, 0.1) is 0 Å². The summed E-state index contributed by atoms with van der Waals surface area (Å²) >= 11 is 0. The molecule has 1 aliphatic rings. The summed E-state index contributed by atoms with van der Waals surface area (Å²) in [5.41, 5.74) is 1.37. The zero-order valence-corrected chi connectivity index (χ0v) is 11.6. The van der Waals surface area contributed by atoms with E-state index in [0.717, 1.165) is 26.0 Å². The zero-order valence-electron chi connectivity index (χ0n) is 11.6. The van der Waals surface area contributed by atoms with Gasteiger partial charge in [-0.1, -0.05) is 18.2 Å². The van der Waals surface area contributed by atoms with E-state index < -0.39 is 11.2 Å². The molecule has 0 atom stereocenters. The zero-order chi connectivity index (χ0) is 15.1. The molecule has 0 saturated carbocycles. The first-order chi connectivity index (χ1) is 10.0. The number of benzene rings is 1. The fourth-order valence-corrected chi connectivity index (χ4v) is 2.30. The van der Waals surface area contributed by atoms with E-state index in [1.165, 1.54) is 14.1 Å². The molecule has 1 aliphatic heterocycles. The second-order valence-electron chi connectivity index (χ2n) is 4.82. The Balaban J connectivity index is 2.26. The molecule has 6 heteroatoms. The van der Waals surface area contributed by atoms with Crippen LogP contribution in [0.15, 0.2) is 38.8 Å². The first kappa shape index (κ1) is 13.1. The Hall–Kier alpha value is -2.89. The maximum atomic E-state index is 12.2. The lowest BCUT2D eigenvalue weighted by molar-refractivity contribution is 0.410. The molecule has 106 valence electrons. The summed E-state index contributed by atoms with van der Waals surface area (Å²) in [4.78, 5) is 28.1. The van der Waals surface area contributed by atoms with Crippen molar-refractivity contribution in [2.24, 2.45) is 19.1 Å². The Morgan fingerprint density at radius 3 is 2.62 bits per heavy atom. The molecule has 0 fully saturated rings. The topological polar surface area (TPSA) is 76.6 Å². The van der Waals surface area contributed by atoms with Crippen LogP contribution < -0.4 is 11.2 Å². The smallest absolute Gasteiger partial charge is 0.333 e. The maximum absolute atomic E-state index is 12.2. The number of fused-ring (bicyclic) bond motifs is 1. The largest absolute Gasteiger partial charge is 0.494 e. The molecule has 2 heterocycles. The van der Waals surface area contributed by atoms with Crippen molar-refractivity contribution in [3.63, 3.8) is 0 Å². The molecule has 0 spiro atoms.